The van der Waals surface area contributed by atoms with Crippen molar-refractivity contribution in [3.8, 4) is 5.75 Å². The van der Waals surface area contributed by atoms with E-state index in [2.05, 4.69) is 24.0 Å². The summed E-state index contributed by atoms with van der Waals surface area (Å²) in [5.41, 5.74) is 4.08. The molecule has 1 heterocycles. The van der Waals surface area contributed by atoms with E-state index in [1.54, 1.807) is 0 Å². The van der Waals surface area contributed by atoms with Gasteiger partial charge in [0.2, 0.25) is 0 Å². The number of fused-ring (bicyclic) bond motifs is 5. The molecule has 3 aliphatic carbocycles. The second-order valence-electron chi connectivity index (χ2n) is 9.35. The lowest BCUT2D eigenvalue weighted by Gasteiger charge is -2.50. The number of hydrogen-bond acceptors (Lipinski definition) is 3. The number of benzene rings is 1. The zero-order valence-corrected chi connectivity index (χ0v) is 16.0. The van der Waals surface area contributed by atoms with E-state index in [1.807, 2.05) is 30.6 Å². The van der Waals surface area contributed by atoms with E-state index in [0.717, 1.165) is 32.1 Å². The van der Waals surface area contributed by atoms with Crippen LogP contribution in [0.2, 0.25) is 0 Å². The number of hydrogen-bond donors (Lipinski definition) is 2. The fraction of sp³-hybridized carbons (Fsp3) is 0.542. The van der Waals surface area contributed by atoms with E-state index in [4.69, 9.17) is 0 Å². The maximum atomic E-state index is 11.3. The van der Waals surface area contributed by atoms with Crippen molar-refractivity contribution in [3.05, 3.63) is 59.4 Å². The van der Waals surface area contributed by atoms with E-state index in [1.165, 1.54) is 23.1 Å². The average molecular weight is 364 g/mol. The molecule has 1 aromatic heterocycles. The molecule has 2 N–H and O–H groups in total. The molecular weight excluding hydrogens is 334 g/mol. The molecule has 2 saturated carbocycles. The first kappa shape index (κ1) is 17.2. The molecule has 2 fully saturated rings. The Morgan fingerprint density at radius 2 is 2.11 bits per heavy atom. The van der Waals surface area contributed by atoms with Gasteiger partial charge in [0.05, 0.1) is 6.10 Å². The van der Waals surface area contributed by atoms with E-state index < -0.39 is 0 Å². The van der Waals surface area contributed by atoms with Crippen molar-refractivity contribution < 1.29 is 10.2 Å². The van der Waals surface area contributed by atoms with Crippen LogP contribution in [-0.2, 0) is 12.8 Å². The molecule has 3 nitrogen and oxygen atoms in total. The van der Waals surface area contributed by atoms with Gasteiger partial charge in [0, 0.05) is 12.4 Å². The number of aliphatic hydroxyl groups is 1. The number of nitrogens with zero attached hydrogens (tertiary/aromatic N) is 1. The summed E-state index contributed by atoms with van der Waals surface area (Å²) in [6.45, 7) is 2.34. The number of aliphatic hydroxyl groups excluding tert-OH is 1. The van der Waals surface area contributed by atoms with E-state index in [9.17, 15) is 10.2 Å². The molecule has 5 rings (SSSR count). The van der Waals surface area contributed by atoms with Gasteiger partial charge in [-0.15, -0.1) is 0 Å². The van der Waals surface area contributed by atoms with Gasteiger partial charge >= 0.3 is 0 Å². The second-order valence-corrected chi connectivity index (χ2v) is 9.35. The van der Waals surface area contributed by atoms with Crippen molar-refractivity contribution in [3.63, 3.8) is 0 Å². The molecule has 3 aliphatic rings. The van der Waals surface area contributed by atoms with E-state index in [0.29, 0.717) is 29.4 Å². The molecule has 1 aromatic carbocycles. The Labute approximate surface area is 161 Å². The van der Waals surface area contributed by atoms with Crippen LogP contribution in [-0.4, -0.2) is 21.3 Å². The monoisotopic (exact) mass is 363 g/mol. The fourth-order valence-corrected chi connectivity index (χ4v) is 6.74. The molecule has 0 amide bonds. The van der Waals surface area contributed by atoms with Crippen molar-refractivity contribution in [2.75, 3.05) is 0 Å². The maximum absolute atomic E-state index is 11.3. The van der Waals surface area contributed by atoms with Gasteiger partial charge in [-0.3, -0.25) is 4.98 Å². The number of aromatic nitrogens is 1. The summed E-state index contributed by atoms with van der Waals surface area (Å²) >= 11 is 0. The number of aromatic hydroxyl groups is 1. The molecule has 3 heteroatoms. The van der Waals surface area contributed by atoms with Crippen molar-refractivity contribution >= 4 is 0 Å². The number of phenols is 1. The second kappa shape index (κ2) is 6.34. The molecule has 0 saturated heterocycles. The topological polar surface area (TPSA) is 53.4 Å². The normalized spacial score (nSPS) is 37.3. The fourth-order valence-electron chi connectivity index (χ4n) is 6.74. The molecule has 0 spiro atoms. The van der Waals surface area contributed by atoms with Crippen LogP contribution < -0.4 is 0 Å². The van der Waals surface area contributed by atoms with Gasteiger partial charge in [0.1, 0.15) is 5.75 Å². The van der Waals surface area contributed by atoms with Gasteiger partial charge in [-0.1, -0.05) is 19.1 Å². The minimum absolute atomic E-state index is 0.0441. The predicted octanol–water partition coefficient (Wildman–Crippen LogP) is 4.47. The summed E-state index contributed by atoms with van der Waals surface area (Å²) in [5.74, 6) is 2.57. The molecule has 0 radical (unpaired) electrons. The zero-order chi connectivity index (χ0) is 18.6. The highest BCUT2D eigenvalue weighted by Crippen LogP contribution is 2.62. The Kier molecular flexibility index (Phi) is 4.05. The Morgan fingerprint density at radius 3 is 2.93 bits per heavy atom. The highest BCUT2D eigenvalue weighted by Gasteiger charge is 2.57. The van der Waals surface area contributed by atoms with Gasteiger partial charge in [-0.25, -0.2) is 0 Å². The molecule has 0 aliphatic heterocycles. The van der Waals surface area contributed by atoms with Gasteiger partial charge in [0.15, 0.2) is 0 Å². The Bertz CT molecular complexity index is 836. The van der Waals surface area contributed by atoms with Gasteiger partial charge in [-0.05, 0) is 103 Å². The van der Waals surface area contributed by atoms with Crippen LogP contribution in [0, 0.1) is 23.2 Å². The van der Waals surface area contributed by atoms with Crippen LogP contribution in [0.4, 0.5) is 0 Å². The predicted molar refractivity (Wildman–Crippen MR) is 106 cm³/mol. The first-order valence-electron chi connectivity index (χ1n) is 10.4. The third-order valence-electron chi connectivity index (χ3n) is 8.05. The minimum atomic E-state index is -0.218. The van der Waals surface area contributed by atoms with Crippen molar-refractivity contribution in [1.82, 2.24) is 4.98 Å². The van der Waals surface area contributed by atoms with Crippen molar-refractivity contribution in [2.24, 2.45) is 23.2 Å². The summed E-state index contributed by atoms with van der Waals surface area (Å²) < 4.78 is 0. The lowest BCUT2D eigenvalue weighted by Crippen LogP contribution is -2.44. The van der Waals surface area contributed by atoms with E-state index >= 15 is 0 Å². The van der Waals surface area contributed by atoms with Crippen molar-refractivity contribution in [2.45, 2.75) is 57.5 Å². The van der Waals surface area contributed by atoms with Crippen LogP contribution in [0.15, 0.2) is 42.7 Å². The van der Waals surface area contributed by atoms with Gasteiger partial charge in [0.25, 0.3) is 0 Å². The van der Waals surface area contributed by atoms with Crippen molar-refractivity contribution in [1.29, 1.82) is 0 Å². The molecule has 6 atom stereocenters. The maximum Gasteiger partial charge on any atom is 0.115 e. The summed E-state index contributed by atoms with van der Waals surface area (Å²) in [7, 11) is 0. The largest absolute Gasteiger partial charge is 0.508 e. The molecule has 2 aromatic rings. The Balaban J connectivity index is 1.42. The third kappa shape index (κ3) is 2.70. The first-order valence-corrected chi connectivity index (χ1v) is 10.4. The third-order valence-corrected chi connectivity index (χ3v) is 8.05. The summed E-state index contributed by atoms with van der Waals surface area (Å²) in [6, 6.07) is 10.1. The standard InChI is InChI=1S/C24H29NO2/c1-24-9-8-20-19-7-5-18(26)12-16(19)4-6-21(20)22(24)13-17(23(24)27)11-15-3-2-10-25-14-15/h2-3,5,7,10,12,14,17,20-23,26-27H,4,6,8-9,11,13H2,1H3/t17?,20?,21?,22?,23?,24-/m0/s1. The number of rotatable bonds is 2. The number of phenolic OH excluding ortho intramolecular Hbond substituents is 1. The smallest absolute Gasteiger partial charge is 0.115 e. The van der Waals surface area contributed by atoms with Gasteiger partial charge in [-0.2, -0.15) is 0 Å². The summed E-state index contributed by atoms with van der Waals surface area (Å²) in [5, 5.41) is 21.1. The molecule has 5 unspecified atom stereocenters. The van der Waals surface area contributed by atoms with Crippen LogP contribution in [0.1, 0.15) is 55.2 Å². The molecular formula is C24H29NO2. The quantitative estimate of drug-likeness (QED) is 0.827. The lowest BCUT2D eigenvalue weighted by molar-refractivity contribution is -0.0325. The summed E-state index contributed by atoms with van der Waals surface area (Å²) in [4.78, 5) is 4.26. The molecule has 142 valence electrons. The van der Waals surface area contributed by atoms with Crippen LogP contribution in [0.5, 0.6) is 5.75 Å². The van der Waals surface area contributed by atoms with Gasteiger partial charge < -0.3 is 10.2 Å². The first-order chi connectivity index (χ1) is 13.1. The summed E-state index contributed by atoms with van der Waals surface area (Å²) in [6.07, 6.45) is 10.1. The molecule has 0 bridgehead atoms. The lowest BCUT2D eigenvalue weighted by atomic mass is 9.55. The van der Waals surface area contributed by atoms with Crippen LogP contribution in [0.25, 0.3) is 0 Å². The van der Waals surface area contributed by atoms with Crippen LogP contribution >= 0.6 is 0 Å². The van der Waals surface area contributed by atoms with E-state index in [-0.39, 0.29) is 11.5 Å². The average Bonchev–Trinajstić information content (AvgIpc) is 2.93. The van der Waals surface area contributed by atoms with Crippen LogP contribution in [0.3, 0.4) is 0 Å². The number of aryl methyl sites for hydroxylation is 1. The highest BCUT2D eigenvalue weighted by molar-refractivity contribution is 5.40. The highest BCUT2D eigenvalue weighted by atomic mass is 16.3. The zero-order valence-electron chi connectivity index (χ0n) is 16.0. The molecule has 27 heavy (non-hydrogen) atoms. The number of pyridine rings is 1. The SMILES string of the molecule is C[C@]12CCC3c4ccc(O)cc4CCC3C1CC(Cc1cccnc1)C2O. The minimum Gasteiger partial charge on any atom is -0.508 e. The Hall–Kier alpha value is -1.87. The Morgan fingerprint density at radius 1 is 1.22 bits per heavy atom.